The molecule has 1 aliphatic rings. The number of anilines is 1. The monoisotopic (exact) mass is 264 g/mol. The smallest absolute Gasteiger partial charge is 0.228 e. The molecule has 1 aliphatic heterocycles. The Kier molecular flexibility index (Phi) is 3.33. The van der Waals surface area contributed by atoms with Crippen LogP contribution in [0.4, 0.5) is 5.82 Å². The zero-order chi connectivity index (χ0) is 13.9. The standard InChI is InChI=1S/C17H16N2O/c1-2-12-19-16(20)11-9-14-8-10-15(18-17(14)19)13-6-4-3-5-7-13/h2-8,10H,1,9,11-12H2. The number of carbonyl (C=O) groups is 1. The van der Waals surface area contributed by atoms with E-state index in [4.69, 9.17) is 4.98 Å². The van der Waals surface area contributed by atoms with E-state index in [1.54, 1.807) is 11.0 Å². The normalized spacial score (nSPS) is 14.0. The van der Waals surface area contributed by atoms with Gasteiger partial charge < -0.3 is 0 Å². The van der Waals surface area contributed by atoms with Crippen molar-refractivity contribution in [3.63, 3.8) is 0 Å². The molecular formula is C17H16N2O. The molecule has 100 valence electrons. The van der Waals surface area contributed by atoms with Crippen LogP contribution in [-0.4, -0.2) is 17.4 Å². The maximum atomic E-state index is 12.0. The number of hydrogen-bond donors (Lipinski definition) is 0. The van der Waals surface area contributed by atoms with Gasteiger partial charge in [0.25, 0.3) is 0 Å². The van der Waals surface area contributed by atoms with Crippen molar-refractivity contribution < 1.29 is 4.79 Å². The first-order valence-corrected chi connectivity index (χ1v) is 6.76. The van der Waals surface area contributed by atoms with Gasteiger partial charge in [-0.1, -0.05) is 42.5 Å². The minimum atomic E-state index is 0.120. The number of pyridine rings is 1. The van der Waals surface area contributed by atoms with E-state index in [0.717, 1.165) is 29.1 Å². The van der Waals surface area contributed by atoms with E-state index in [1.165, 1.54) is 0 Å². The summed E-state index contributed by atoms with van der Waals surface area (Å²) in [6, 6.07) is 14.1. The van der Waals surface area contributed by atoms with Crippen LogP contribution in [0.3, 0.4) is 0 Å². The van der Waals surface area contributed by atoms with Crippen molar-refractivity contribution in [2.24, 2.45) is 0 Å². The maximum Gasteiger partial charge on any atom is 0.228 e. The Morgan fingerprint density at radius 1 is 1.15 bits per heavy atom. The van der Waals surface area contributed by atoms with Crippen molar-refractivity contribution in [1.29, 1.82) is 0 Å². The molecule has 0 aliphatic carbocycles. The third-order valence-electron chi connectivity index (χ3n) is 3.50. The molecule has 1 aromatic carbocycles. The summed E-state index contributed by atoms with van der Waals surface area (Å²) in [4.78, 5) is 18.4. The van der Waals surface area contributed by atoms with Gasteiger partial charge in [0.15, 0.2) is 0 Å². The topological polar surface area (TPSA) is 33.2 Å². The zero-order valence-electron chi connectivity index (χ0n) is 11.2. The molecule has 0 fully saturated rings. The highest BCUT2D eigenvalue weighted by Crippen LogP contribution is 2.29. The molecule has 3 nitrogen and oxygen atoms in total. The zero-order valence-corrected chi connectivity index (χ0v) is 11.2. The number of carbonyl (C=O) groups excluding carboxylic acids is 1. The highest BCUT2D eigenvalue weighted by atomic mass is 16.2. The van der Waals surface area contributed by atoms with Crippen LogP contribution in [0.5, 0.6) is 0 Å². The summed E-state index contributed by atoms with van der Waals surface area (Å²) in [7, 11) is 0. The van der Waals surface area contributed by atoms with Gasteiger partial charge in [0.05, 0.1) is 5.69 Å². The van der Waals surface area contributed by atoms with Crippen LogP contribution in [0, 0.1) is 0 Å². The molecule has 1 aromatic heterocycles. The Bertz CT molecular complexity index is 649. The molecule has 0 saturated heterocycles. The Morgan fingerprint density at radius 3 is 2.70 bits per heavy atom. The number of benzene rings is 1. The third kappa shape index (κ3) is 2.23. The van der Waals surface area contributed by atoms with E-state index < -0.39 is 0 Å². The van der Waals surface area contributed by atoms with E-state index in [1.807, 2.05) is 36.4 Å². The summed E-state index contributed by atoms with van der Waals surface area (Å²) < 4.78 is 0. The van der Waals surface area contributed by atoms with E-state index in [9.17, 15) is 4.79 Å². The number of fused-ring (bicyclic) bond motifs is 1. The summed E-state index contributed by atoms with van der Waals surface area (Å²) >= 11 is 0. The third-order valence-corrected chi connectivity index (χ3v) is 3.50. The van der Waals surface area contributed by atoms with Crippen molar-refractivity contribution in [2.45, 2.75) is 12.8 Å². The lowest BCUT2D eigenvalue weighted by Gasteiger charge is -2.27. The van der Waals surface area contributed by atoms with Crippen LogP contribution >= 0.6 is 0 Å². The Hall–Kier alpha value is -2.42. The summed E-state index contributed by atoms with van der Waals surface area (Å²) in [5, 5.41) is 0. The van der Waals surface area contributed by atoms with Crippen LogP contribution < -0.4 is 4.90 Å². The highest BCUT2D eigenvalue weighted by molar-refractivity contribution is 5.95. The van der Waals surface area contributed by atoms with Gasteiger partial charge in [-0.25, -0.2) is 4.98 Å². The van der Waals surface area contributed by atoms with Crippen molar-refractivity contribution >= 4 is 11.7 Å². The van der Waals surface area contributed by atoms with E-state index >= 15 is 0 Å². The summed E-state index contributed by atoms with van der Waals surface area (Å²) in [6.07, 6.45) is 3.06. The van der Waals surface area contributed by atoms with Crippen molar-refractivity contribution in [2.75, 3.05) is 11.4 Å². The van der Waals surface area contributed by atoms with Crippen molar-refractivity contribution in [3.05, 3.63) is 60.7 Å². The number of aryl methyl sites for hydroxylation is 1. The molecule has 0 bridgehead atoms. The van der Waals surface area contributed by atoms with Gasteiger partial charge in [0.1, 0.15) is 5.82 Å². The molecule has 0 radical (unpaired) electrons. The Labute approximate surface area is 118 Å². The second-order valence-electron chi connectivity index (χ2n) is 4.84. The fourth-order valence-electron chi connectivity index (χ4n) is 2.49. The van der Waals surface area contributed by atoms with E-state index in [0.29, 0.717) is 13.0 Å². The minimum absolute atomic E-state index is 0.120. The molecule has 2 aromatic rings. The first kappa shape index (κ1) is 12.6. The lowest BCUT2D eigenvalue weighted by Crippen LogP contribution is -2.36. The van der Waals surface area contributed by atoms with Gasteiger partial charge in [-0.2, -0.15) is 0 Å². The summed E-state index contributed by atoms with van der Waals surface area (Å²) in [5.74, 6) is 0.901. The van der Waals surface area contributed by atoms with Gasteiger partial charge in [0.2, 0.25) is 5.91 Å². The molecule has 0 spiro atoms. The molecule has 20 heavy (non-hydrogen) atoms. The predicted octanol–water partition coefficient (Wildman–Crippen LogP) is 3.21. The molecule has 0 unspecified atom stereocenters. The van der Waals surface area contributed by atoms with Crippen LogP contribution in [-0.2, 0) is 11.2 Å². The number of amides is 1. The predicted molar refractivity (Wildman–Crippen MR) is 80.5 cm³/mol. The fourth-order valence-corrected chi connectivity index (χ4v) is 2.49. The fraction of sp³-hybridized carbons (Fsp3) is 0.176. The first-order valence-electron chi connectivity index (χ1n) is 6.76. The molecule has 0 atom stereocenters. The molecule has 3 rings (SSSR count). The van der Waals surface area contributed by atoms with E-state index in [2.05, 4.69) is 12.6 Å². The van der Waals surface area contributed by atoms with Gasteiger partial charge in [-0.05, 0) is 18.1 Å². The number of hydrogen-bond acceptors (Lipinski definition) is 2. The van der Waals surface area contributed by atoms with Gasteiger partial charge in [0, 0.05) is 18.5 Å². The van der Waals surface area contributed by atoms with E-state index in [-0.39, 0.29) is 5.91 Å². The molecule has 0 N–H and O–H groups in total. The average Bonchev–Trinajstić information content (AvgIpc) is 2.51. The summed E-state index contributed by atoms with van der Waals surface area (Å²) in [5.41, 5.74) is 3.09. The van der Waals surface area contributed by atoms with Crippen LogP contribution in [0.2, 0.25) is 0 Å². The lowest BCUT2D eigenvalue weighted by molar-refractivity contribution is -0.118. The average molecular weight is 264 g/mol. The van der Waals surface area contributed by atoms with Crippen LogP contribution in [0.25, 0.3) is 11.3 Å². The first-order chi connectivity index (χ1) is 9.79. The Morgan fingerprint density at radius 2 is 1.95 bits per heavy atom. The summed E-state index contributed by atoms with van der Waals surface area (Å²) in [6.45, 7) is 4.23. The molecule has 1 amide bonds. The molecule has 0 saturated carbocycles. The molecule has 3 heteroatoms. The lowest BCUT2D eigenvalue weighted by atomic mass is 10.0. The van der Waals surface area contributed by atoms with Crippen LogP contribution in [0.15, 0.2) is 55.1 Å². The van der Waals surface area contributed by atoms with Crippen LogP contribution in [0.1, 0.15) is 12.0 Å². The molecular weight excluding hydrogens is 248 g/mol. The number of rotatable bonds is 3. The van der Waals surface area contributed by atoms with Gasteiger partial charge >= 0.3 is 0 Å². The quantitative estimate of drug-likeness (QED) is 0.797. The van der Waals surface area contributed by atoms with Gasteiger partial charge in [-0.15, -0.1) is 6.58 Å². The SMILES string of the molecule is C=CCN1C(=O)CCc2ccc(-c3ccccc3)nc21. The number of aromatic nitrogens is 1. The van der Waals surface area contributed by atoms with Gasteiger partial charge in [-0.3, -0.25) is 9.69 Å². The maximum absolute atomic E-state index is 12.0. The minimum Gasteiger partial charge on any atom is -0.293 e. The second-order valence-corrected chi connectivity index (χ2v) is 4.84. The molecule has 2 heterocycles. The van der Waals surface area contributed by atoms with Crippen molar-refractivity contribution in [3.8, 4) is 11.3 Å². The number of nitrogens with zero attached hydrogens (tertiary/aromatic N) is 2. The second kappa shape index (κ2) is 5.29. The van der Waals surface area contributed by atoms with Crippen molar-refractivity contribution in [1.82, 2.24) is 4.98 Å². The highest BCUT2D eigenvalue weighted by Gasteiger charge is 2.24. The Balaban J connectivity index is 2.06. The largest absolute Gasteiger partial charge is 0.293 e.